The molecule has 5 heteroatoms. The SMILES string of the molecule is [N-]=[N+]=NC(=O)Nc1cccc2c1CCCC2. The molecule has 0 unspecified atom stereocenters. The maximum absolute atomic E-state index is 11.2. The van der Waals surface area contributed by atoms with Gasteiger partial charge in [0, 0.05) is 15.7 Å². The number of nitrogens with one attached hydrogen (secondary N) is 1. The molecule has 0 heterocycles. The molecule has 1 N–H and O–H groups in total. The first kappa shape index (κ1) is 10.5. The molecule has 0 atom stereocenters. The molecular weight excluding hydrogens is 204 g/mol. The molecule has 0 radical (unpaired) electrons. The number of benzene rings is 1. The maximum Gasteiger partial charge on any atom is 0.312 e. The van der Waals surface area contributed by atoms with E-state index in [0.29, 0.717) is 0 Å². The molecule has 1 aromatic rings. The maximum atomic E-state index is 11.2. The second kappa shape index (κ2) is 4.68. The number of anilines is 1. The third kappa shape index (κ3) is 2.15. The fourth-order valence-corrected chi connectivity index (χ4v) is 2.08. The van der Waals surface area contributed by atoms with E-state index in [-0.39, 0.29) is 0 Å². The molecule has 0 fully saturated rings. The summed E-state index contributed by atoms with van der Waals surface area (Å²) < 4.78 is 0. The van der Waals surface area contributed by atoms with Crippen molar-refractivity contribution in [3.63, 3.8) is 0 Å². The van der Waals surface area contributed by atoms with E-state index in [1.165, 1.54) is 17.5 Å². The van der Waals surface area contributed by atoms with Crippen molar-refractivity contribution in [1.29, 1.82) is 0 Å². The van der Waals surface area contributed by atoms with E-state index >= 15 is 0 Å². The zero-order valence-electron chi connectivity index (χ0n) is 8.81. The Morgan fingerprint density at radius 1 is 1.38 bits per heavy atom. The Labute approximate surface area is 93.1 Å². The topological polar surface area (TPSA) is 77.9 Å². The molecule has 0 aliphatic heterocycles. The van der Waals surface area contributed by atoms with Crippen LogP contribution in [0.5, 0.6) is 0 Å². The summed E-state index contributed by atoms with van der Waals surface area (Å²) in [5.41, 5.74) is 11.4. The molecule has 1 aliphatic carbocycles. The Hall–Kier alpha value is -2.00. The number of nitrogens with zero attached hydrogens (tertiary/aromatic N) is 3. The van der Waals surface area contributed by atoms with Crippen LogP contribution in [0.3, 0.4) is 0 Å². The first-order chi connectivity index (χ1) is 7.81. The lowest BCUT2D eigenvalue weighted by atomic mass is 9.90. The lowest BCUT2D eigenvalue weighted by Gasteiger charge is -2.18. The number of carbonyl (C=O) groups excluding carboxylic acids is 1. The third-order valence-corrected chi connectivity index (χ3v) is 2.77. The van der Waals surface area contributed by atoms with Crippen LogP contribution in [0.25, 0.3) is 10.4 Å². The molecule has 5 nitrogen and oxygen atoms in total. The van der Waals surface area contributed by atoms with Gasteiger partial charge in [0.15, 0.2) is 0 Å². The van der Waals surface area contributed by atoms with Gasteiger partial charge in [0.2, 0.25) is 0 Å². The number of fused-ring (bicyclic) bond motifs is 1. The fourth-order valence-electron chi connectivity index (χ4n) is 2.08. The highest BCUT2D eigenvalue weighted by Crippen LogP contribution is 2.27. The van der Waals surface area contributed by atoms with Gasteiger partial charge in [-0.05, 0) is 48.4 Å². The average molecular weight is 216 g/mol. The van der Waals surface area contributed by atoms with Crippen LogP contribution in [0.4, 0.5) is 10.5 Å². The number of aryl methyl sites for hydroxylation is 1. The molecule has 82 valence electrons. The number of rotatable bonds is 1. The summed E-state index contributed by atoms with van der Waals surface area (Å²) in [7, 11) is 0. The number of carbonyl (C=O) groups is 1. The first-order valence-electron chi connectivity index (χ1n) is 5.28. The van der Waals surface area contributed by atoms with Crippen LogP contribution < -0.4 is 5.32 Å². The quantitative estimate of drug-likeness (QED) is 0.435. The molecule has 0 saturated heterocycles. The Kier molecular flexibility index (Phi) is 3.08. The van der Waals surface area contributed by atoms with Crippen LogP contribution in [0.2, 0.25) is 0 Å². The van der Waals surface area contributed by atoms with E-state index < -0.39 is 6.03 Å². The van der Waals surface area contributed by atoms with Gasteiger partial charge in [-0.25, -0.2) is 0 Å². The smallest absolute Gasteiger partial charge is 0.312 e. The van der Waals surface area contributed by atoms with Crippen LogP contribution >= 0.6 is 0 Å². The minimum atomic E-state index is -0.651. The largest absolute Gasteiger partial charge is 0.320 e. The van der Waals surface area contributed by atoms with Gasteiger partial charge in [-0.3, -0.25) is 4.79 Å². The molecule has 1 aromatic carbocycles. The zero-order valence-corrected chi connectivity index (χ0v) is 8.81. The Morgan fingerprint density at radius 3 is 3.00 bits per heavy atom. The van der Waals surface area contributed by atoms with Crippen LogP contribution in [-0.4, -0.2) is 6.03 Å². The molecule has 0 spiro atoms. The Morgan fingerprint density at radius 2 is 2.19 bits per heavy atom. The van der Waals surface area contributed by atoms with E-state index in [1.807, 2.05) is 12.1 Å². The zero-order chi connectivity index (χ0) is 11.4. The summed E-state index contributed by atoms with van der Waals surface area (Å²) in [6, 6.07) is 5.18. The second-order valence-electron chi connectivity index (χ2n) is 3.77. The minimum Gasteiger partial charge on any atom is -0.320 e. The second-order valence-corrected chi connectivity index (χ2v) is 3.77. The van der Waals surface area contributed by atoms with E-state index in [0.717, 1.165) is 24.9 Å². The normalized spacial score (nSPS) is 13.5. The number of amides is 2. The average Bonchev–Trinajstić information content (AvgIpc) is 2.30. The monoisotopic (exact) mass is 216 g/mol. The predicted molar refractivity (Wildman–Crippen MR) is 61.2 cm³/mol. The van der Waals surface area contributed by atoms with E-state index in [1.54, 1.807) is 0 Å². The molecular formula is C11H12N4O. The predicted octanol–water partition coefficient (Wildman–Crippen LogP) is 3.41. The van der Waals surface area contributed by atoms with Crippen molar-refractivity contribution in [2.45, 2.75) is 25.7 Å². The molecule has 0 aromatic heterocycles. The van der Waals surface area contributed by atoms with Gasteiger partial charge in [0.05, 0.1) is 0 Å². The van der Waals surface area contributed by atoms with E-state index in [2.05, 4.69) is 21.4 Å². The highest BCUT2D eigenvalue weighted by atomic mass is 16.2. The van der Waals surface area contributed by atoms with Gasteiger partial charge in [0.1, 0.15) is 0 Å². The van der Waals surface area contributed by atoms with Crippen molar-refractivity contribution in [3.8, 4) is 0 Å². The summed E-state index contributed by atoms with van der Waals surface area (Å²) in [4.78, 5) is 13.6. The summed E-state index contributed by atoms with van der Waals surface area (Å²) >= 11 is 0. The summed E-state index contributed by atoms with van der Waals surface area (Å²) in [6.07, 6.45) is 4.37. The van der Waals surface area contributed by atoms with Crippen molar-refractivity contribution in [1.82, 2.24) is 0 Å². The van der Waals surface area contributed by atoms with Crippen LogP contribution in [0.1, 0.15) is 24.0 Å². The first-order valence-corrected chi connectivity index (χ1v) is 5.28. The van der Waals surface area contributed by atoms with Crippen molar-refractivity contribution in [2.24, 2.45) is 5.11 Å². The molecule has 0 saturated carbocycles. The summed E-state index contributed by atoms with van der Waals surface area (Å²) in [5.74, 6) is 0. The number of hydrogen-bond acceptors (Lipinski definition) is 1. The van der Waals surface area contributed by atoms with Crippen LogP contribution in [0.15, 0.2) is 23.3 Å². The summed E-state index contributed by atoms with van der Waals surface area (Å²) in [5, 5.41) is 5.61. The van der Waals surface area contributed by atoms with Crippen molar-refractivity contribution in [2.75, 3.05) is 5.32 Å². The minimum absolute atomic E-state index is 0.651. The number of urea groups is 1. The Balaban J connectivity index is 2.27. The van der Waals surface area contributed by atoms with Gasteiger partial charge in [0.25, 0.3) is 0 Å². The third-order valence-electron chi connectivity index (χ3n) is 2.77. The van der Waals surface area contributed by atoms with E-state index in [9.17, 15) is 4.79 Å². The van der Waals surface area contributed by atoms with Crippen molar-refractivity contribution in [3.05, 3.63) is 39.8 Å². The molecule has 2 rings (SSSR count). The van der Waals surface area contributed by atoms with Crippen molar-refractivity contribution < 1.29 is 4.79 Å². The molecule has 2 amide bonds. The Bertz CT molecular complexity index is 463. The van der Waals surface area contributed by atoms with Crippen LogP contribution in [0, 0.1) is 0 Å². The fraction of sp³-hybridized carbons (Fsp3) is 0.364. The van der Waals surface area contributed by atoms with Gasteiger partial charge < -0.3 is 5.32 Å². The number of azide groups is 1. The lowest BCUT2D eigenvalue weighted by molar-refractivity contribution is 0.259. The van der Waals surface area contributed by atoms with Gasteiger partial charge >= 0.3 is 6.03 Å². The van der Waals surface area contributed by atoms with Crippen molar-refractivity contribution >= 4 is 11.7 Å². The molecule has 16 heavy (non-hydrogen) atoms. The van der Waals surface area contributed by atoms with Crippen LogP contribution in [-0.2, 0) is 12.8 Å². The van der Waals surface area contributed by atoms with Gasteiger partial charge in [-0.1, -0.05) is 12.1 Å². The molecule has 1 aliphatic rings. The van der Waals surface area contributed by atoms with E-state index in [4.69, 9.17) is 5.53 Å². The standard InChI is InChI=1S/C11H12N4O/c12-15-14-11(16)13-10-7-3-5-8-4-1-2-6-9(8)10/h3,5,7H,1-2,4,6H2,(H,13,16). The lowest BCUT2D eigenvalue weighted by Crippen LogP contribution is -2.11. The highest BCUT2D eigenvalue weighted by Gasteiger charge is 2.13. The highest BCUT2D eigenvalue weighted by molar-refractivity contribution is 5.90. The summed E-state index contributed by atoms with van der Waals surface area (Å²) in [6.45, 7) is 0. The molecule has 0 bridgehead atoms. The van der Waals surface area contributed by atoms with Gasteiger partial charge in [-0.15, -0.1) is 0 Å². The van der Waals surface area contributed by atoms with Gasteiger partial charge in [-0.2, -0.15) is 0 Å². The number of hydrogen-bond donors (Lipinski definition) is 1.